The van der Waals surface area contributed by atoms with E-state index in [0.717, 1.165) is 6.42 Å². The largest absolute Gasteiger partial charge is 0.396 e. The van der Waals surface area contributed by atoms with Crippen LogP contribution < -0.4 is 0 Å². The van der Waals surface area contributed by atoms with E-state index >= 15 is 0 Å². The Morgan fingerprint density at radius 3 is 3.00 bits per heavy atom. The molecule has 1 atom stereocenters. The second-order valence-electron chi connectivity index (χ2n) is 2.43. The van der Waals surface area contributed by atoms with Crippen LogP contribution in [0.1, 0.15) is 24.1 Å². The highest BCUT2D eigenvalue weighted by atomic mass is 32.1. The first-order valence-electron chi connectivity index (χ1n) is 3.49. The van der Waals surface area contributed by atoms with Crippen LogP contribution in [0, 0.1) is 0 Å². The Morgan fingerprint density at radius 2 is 2.50 bits per heavy atom. The van der Waals surface area contributed by atoms with Gasteiger partial charge in [-0.05, 0) is 23.8 Å². The van der Waals surface area contributed by atoms with E-state index in [1.807, 2.05) is 6.07 Å². The van der Waals surface area contributed by atoms with Gasteiger partial charge in [-0.3, -0.25) is 0 Å². The predicted molar refractivity (Wildman–Crippen MR) is 44.4 cm³/mol. The number of rotatable bonds is 3. The molecule has 0 amide bonds. The van der Waals surface area contributed by atoms with Crippen LogP contribution in [-0.4, -0.2) is 11.7 Å². The van der Waals surface area contributed by atoms with Crippen molar-refractivity contribution in [3.63, 3.8) is 0 Å². The highest BCUT2D eigenvalue weighted by Gasteiger charge is 2.03. The van der Waals surface area contributed by atoms with Crippen LogP contribution in [0.4, 0.5) is 0 Å². The zero-order chi connectivity index (χ0) is 7.40. The maximum absolute atomic E-state index is 8.64. The quantitative estimate of drug-likeness (QED) is 0.711. The van der Waals surface area contributed by atoms with Crippen molar-refractivity contribution in [3.8, 4) is 0 Å². The Balaban J connectivity index is 2.50. The maximum atomic E-state index is 8.64. The Morgan fingerprint density at radius 1 is 1.70 bits per heavy atom. The summed E-state index contributed by atoms with van der Waals surface area (Å²) >= 11 is 1.76. The SMILES string of the molecule is C[C@H](CCO)c1cccs1. The summed E-state index contributed by atoms with van der Waals surface area (Å²) in [6.07, 6.45) is 0.876. The number of thiophene rings is 1. The molecule has 10 heavy (non-hydrogen) atoms. The lowest BCUT2D eigenvalue weighted by molar-refractivity contribution is 0.279. The van der Waals surface area contributed by atoms with Gasteiger partial charge >= 0.3 is 0 Å². The van der Waals surface area contributed by atoms with Crippen molar-refractivity contribution in [1.29, 1.82) is 0 Å². The lowest BCUT2D eigenvalue weighted by Crippen LogP contribution is -1.92. The summed E-state index contributed by atoms with van der Waals surface area (Å²) < 4.78 is 0. The molecule has 0 unspecified atom stereocenters. The molecular formula is C8H12OS. The van der Waals surface area contributed by atoms with Gasteiger partial charge in [0.25, 0.3) is 0 Å². The average Bonchev–Trinajstić information content (AvgIpc) is 2.38. The Kier molecular flexibility index (Phi) is 2.90. The van der Waals surface area contributed by atoms with Crippen molar-refractivity contribution in [2.24, 2.45) is 0 Å². The monoisotopic (exact) mass is 156 g/mol. The summed E-state index contributed by atoms with van der Waals surface area (Å²) in [5, 5.41) is 10.7. The minimum Gasteiger partial charge on any atom is -0.396 e. The third kappa shape index (κ3) is 1.82. The lowest BCUT2D eigenvalue weighted by Gasteiger charge is -2.04. The van der Waals surface area contributed by atoms with Crippen LogP contribution in [-0.2, 0) is 0 Å². The van der Waals surface area contributed by atoms with Gasteiger partial charge in [0.1, 0.15) is 0 Å². The Hall–Kier alpha value is -0.340. The standard InChI is InChI=1S/C8H12OS/c1-7(4-5-9)8-3-2-6-10-8/h2-3,6-7,9H,4-5H2,1H3/t7-/m1/s1. The highest BCUT2D eigenvalue weighted by molar-refractivity contribution is 7.10. The first-order chi connectivity index (χ1) is 4.84. The zero-order valence-corrected chi connectivity index (χ0v) is 6.90. The fourth-order valence-corrected chi connectivity index (χ4v) is 1.73. The fraction of sp³-hybridized carbons (Fsp3) is 0.500. The molecule has 0 aliphatic rings. The molecular weight excluding hydrogens is 144 g/mol. The Labute approximate surface area is 65.3 Å². The van der Waals surface area contributed by atoms with Crippen LogP contribution in [0.3, 0.4) is 0 Å². The number of aliphatic hydroxyl groups excluding tert-OH is 1. The molecule has 0 fully saturated rings. The molecule has 0 aliphatic heterocycles. The van der Waals surface area contributed by atoms with Crippen molar-refractivity contribution in [3.05, 3.63) is 22.4 Å². The lowest BCUT2D eigenvalue weighted by atomic mass is 10.1. The third-order valence-corrected chi connectivity index (χ3v) is 2.69. The maximum Gasteiger partial charge on any atom is 0.0437 e. The van der Waals surface area contributed by atoms with E-state index in [9.17, 15) is 0 Å². The summed E-state index contributed by atoms with van der Waals surface area (Å²) in [7, 11) is 0. The van der Waals surface area contributed by atoms with Crippen LogP contribution in [0.25, 0.3) is 0 Å². The van der Waals surface area contributed by atoms with Crippen LogP contribution in [0.2, 0.25) is 0 Å². The second-order valence-corrected chi connectivity index (χ2v) is 3.41. The molecule has 0 aliphatic carbocycles. The molecule has 1 aromatic rings. The third-order valence-electron chi connectivity index (χ3n) is 1.59. The molecule has 0 spiro atoms. The fourth-order valence-electron chi connectivity index (χ4n) is 0.908. The van der Waals surface area contributed by atoms with Crippen molar-refractivity contribution in [2.75, 3.05) is 6.61 Å². The highest BCUT2D eigenvalue weighted by Crippen LogP contribution is 2.22. The van der Waals surface area contributed by atoms with Crippen molar-refractivity contribution < 1.29 is 5.11 Å². The van der Waals surface area contributed by atoms with Crippen molar-refractivity contribution >= 4 is 11.3 Å². The van der Waals surface area contributed by atoms with E-state index < -0.39 is 0 Å². The molecule has 1 rings (SSSR count). The van der Waals surface area contributed by atoms with Gasteiger partial charge in [-0.25, -0.2) is 0 Å². The van der Waals surface area contributed by atoms with Gasteiger partial charge in [0, 0.05) is 11.5 Å². The molecule has 1 N–H and O–H groups in total. The van der Waals surface area contributed by atoms with E-state index in [2.05, 4.69) is 18.4 Å². The normalized spacial score (nSPS) is 13.4. The van der Waals surface area contributed by atoms with Gasteiger partial charge in [0.15, 0.2) is 0 Å². The zero-order valence-electron chi connectivity index (χ0n) is 6.08. The molecule has 2 heteroatoms. The molecule has 1 aromatic heterocycles. The Bertz CT molecular complexity index is 169. The number of hydrogen-bond donors (Lipinski definition) is 1. The van der Waals surface area contributed by atoms with E-state index in [1.165, 1.54) is 4.88 Å². The topological polar surface area (TPSA) is 20.2 Å². The van der Waals surface area contributed by atoms with Gasteiger partial charge in [-0.1, -0.05) is 13.0 Å². The molecule has 0 radical (unpaired) electrons. The molecule has 1 nitrogen and oxygen atoms in total. The van der Waals surface area contributed by atoms with Gasteiger partial charge in [0.05, 0.1) is 0 Å². The van der Waals surface area contributed by atoms with Gasteiger partial charge < -0.3 is 5.11 Å². The summed E-state index contributed by atoms with van der Waals surface area (Å²) in [4.78, 5) is 1.37. The first kappa shape index (κ1) is 7.76. The summed E-state index contributed by atoms with van der Waals surface area (Å²) in [5.74, 6) is 0.519. The summed E-state index contributed by atoms with van der Waals surface area (Å²) in [6.45, 7) is 2.43. The molecule has 1 heterocycles. The van der Waals surface area contributed by atoms with Crippen LogP contribution in [0.15, 0.2) is 17.5 Å². The summed E-state index contributed by atoms with van der Waals surface area (Å²) in [6, 6.07) is 4.17. The summed E-state index contributed by atoms with van der Waals surface area (Å²) in [5.41, 5.74) is 0. The first-order valence-corrected chi connectivity index (χ1v) is 4.37. The smallest absolute Gasteiger partial charge is 0.0437 e. The van der Waals surface area contributed by atoms with E-state index in [-0.39, 0.29) is 0 Å². The van der Waals surface area contributed by atoms with Crippen LogP contribution >= 0.6 is 11.3 Å². The van der Waals surface area contributed by atoms with E-state index in [4.69, 9.17) is 5.11 Å². The molecule has 0 aromatic carbocycles. The second kappa shape index (κ2) is 3.74. The van der Waals surface area contributed by atoms with E-state index in [0.29, 0.717) is 12.5 Å². The minimum absolute atomic E-state index is 0.291. The van der Waals surface area contributed by atoms with E-state index in [1.54, 1.807) is 11.3 Å². The molecule has 0 bridgehead atoms. The molecule has 0 saturated heterocycles. The number of hydrogen-bond acceptors (Lipinski definition) is 2. The minimum atomic E-state index is 0.291. The van der Waals surface area contributed by atoms with Crippen molar-refractivity contribution in [2.45, 2.75) is 19.3 Å². The van der Waals surface area contributed by atoms with Crippen LogP contribution in [0.5, 0.6) is 0 Å². The predicted octanol–water partition coefficient (Wildman–Crippen LogP) is 2.23. The average molecular weight is 156 g/mol. The molecule has 56 valence electrons. The molecule has 0 saturated carbocycles. The van der Waals surface area contributed by atoms with Crippen molar-refractivity contribution in [1.82, 2.24) is 0 Å². The number of aliphatic hydroxyl groups is 1. The van der Waals surface area contributed by atoms with Gasteiger partial charge in [-0.15, -0.1) is 11.3 Å². The van der Waals surface area contributed by atoms with Gasteiger partial charge in [0.2, 0.25) is 0 Å². The van der Waals surface area contributed by atoms with Gasteiger partial charge in [-0.2, -0.15) is 0 Å².